The Labute approximate surface area is 78.6 Å². The van der Waals surface area contributed by atoms with Gasteiger partial charge in [-0.3, -0.25) is 0 Å². The minimum atomic E-state index is -0.556. The van der Waals surface area contributed by atoms with E-state index in [1.165, 1.54) is 11.1 Å². The summed E-state index contributed by atoms with van der Waals surface area (Å²) in [6.07, 6.45) is 0. The third kappa shape index (κ3) is 4.46. The first-order chi connectivity index (χ1) is 4.72. The van der Waals surface area contributed by atoms with Crippen molar-refractivity contribution in [1.29, 1.82) is 0 Å². The van der Waals surface area contributed by atoms with Gasteiger partial charge >= 0.3 is 35.6 Å². The third-order valence-corrected chi connectivity index (χ3v) is 1.31. The molecule has 0 spiro atoms. The van der Waals surface area contributed by atoms with E-state index in [1.54, 1.807) is 0 Å². The van der Waals surface area contributed by atoms with Crippen molar-refractivity contribution in [2.24, 2.45) is 0 Å². The maximum absolute atomic E-state index is 4.89. The molecule has 1 aromatic rings. The summed E-state index contributed by atoms with van der Waals surface area (Å²) in [5, 5.41) is 0. The van der Waals surface area contributed by atoms with Gasteiger partial charge in [0.2, 0.25) is 0 Å². The second kappa shape index (κ2) is 6.36. The van der Waals surface area contributed by atoms with Crippen LogP contribution in [0.3, 0.4) is 0 Å². The molecule has 0 aliphatic carbocycles. The molecule has 0 amide bonds. The summed E-state index contributed by atoms with van der Waals surface area (Å²) in [6, 6.07) is 6.31. The first kappa shape index (κ1) is 10.6. The average molecular weight is 212 g/mol. The molecule has 0 aliphatic rings. The van der Waals surface area contributed by atoms with Crippen LogP contribution < -0.4 is 0 Å². The van der Waals surface area contributed by atoms with Crippen molar-refractivity contribution in [2.75, 3.05) is 0 Å². The van der Waals surface area contributed by atoms with Crippen molar-refractivity contribution in [3.8, 4) is 0 Å². The second-order valence-electron chi connectivity index (χ2n) is 1.96. The average Bonchev–Trinajstić information content (AvgIpc) is 2.19. The van der Waals surface area contributed by atoms with Gasteiger partial charge < -0.3 is 0 Å². The maximum atomic E-state index is 4.89. The van der Waals surface area contributed by atoms with Crippen LogP contribution in [0, 0.1) is 13.8 Å². The molecule has 0 N–H and O–H groups in total. The Morgan fingerprint density at radius 1 is 1.40 bits per heavy atom. The van der Waals surface area contributed by atoms with Crippen LogP contribution in [0.15, 0.2) is 18.2 Å². The number of halogens is 2. The Balaban J connectivity index is 0.000000236. The molecular weight excluding hydrogens is 203 g/mol. The summed E-state index contributed by atoms with van der Waals surface area (Å²) in [6.45, 7) is 4.24. The molecule has 56 valence electrons. The third-order valence-electron chi connectivity index (χ3n) is 1.31. The summed E-state index contributed by atoms with van der Waals surface area (Å²) in [5.41, 5.74) is 2.78. The molecule has 0 heterocycles. The minimum absolute atomic E-state index is 0.556. The zero-order valence-corrected chi connectivity index (χ0v) is 9.06. The molecule has 1 aromatic carbocycles. The molecule has 0 saturated carbocycles. The Morgan fingerprint density at radius 3 is 2.00 bits per heavy atom. The summed E-state index contributed by atoms with van der Waals surface area (Å²) in [5.74, 6) is 0. The van der Waals surface area contributed by atoms with Gasteiger partial charge in [0.05, 0.1) is 0 Å². The van der Waals surface area contributed by atoms with E-state index < -0.39 is 17.0 Å². The molecule has 10 heavy (non-hydrogen) atoms. The van der Waals surface area contributed by atoms with E-state index in [2.05, 4.69) is 32.0 Å². The van der Waals surface area contributed by atoms with Crippen LogP contribution in [0.4, 0.5) is 0 Å². The van der Waals surface area contributed by atoms with E-state index in [0.29, 0.717) is 0 Å². The zero-order chi connectivity index (χ0) is 7.98. The Bertz CT molecular complexity index is 155. The van der Waals surface area contributed by atoms with Gasteiger partial charge in [0.1, 0.15) is 0 Å². The molecule has 0 bridgehead atoms. The van der Waals surface area contributed by atoms with Gasteiger partial charge in [0.25, 0.3) is 0 Å². The number of rotatable bonds is 0. The van der Waals surface area contributed by atoms with Crippen LogP contribution in [-0.2, 0) is 17.0 Å². The Morgan fingerprint density at radius 2 is 1.90 bits per heavy atom. The second-order valence-corrected chi connectivity index (χ2v) is 4.54. The van der Waals surface area contributed by atoms with Crippen LogP contribution in [0.1, 0.15) is 11.1 Å². The SMILES string of the molecule is Cc1cc[cH-]c1C.[Cl][Ti][Cl]. The molecule has 0 saturated heterocycles. The predicted octanol–water partition coefficient (Wildman–Crippen LogP) is 3.40. The first-order valence-electron chi connectivity index (χ1n) is 2.87. The molecule has 3 heteroatoms. The molecule has 0 nitrogen and oxygen atoms in total. The fourth-order valence-corrected chi connectivity index (χ4v) is 0.600. The van der Waals surface area contributed by atoms with Gasteiger partial charge in [0, 0.05) is 0 Å². The van der Waals surface area contributed by atoms with Crippen molar-refractivity contribution < 1.29 is 17.0 Å². The van der Waals surface area contributed by atoms with Gasteiger partial charge in [-0.1, -0.05) is 13.8 Å². The van der Waals surface area contributed by atoms with Crippen LogP contribution >= 0.6 is 18.6 Å². The van der Waals surface area contributed by atoms with Gasteiger partial charge in [-0.15, -0.1) is 0 Å². The van der Waals surface area contributed by atoms with Crippen LogP contribution in [0.2, 0.25) is 0 Å². The van der Waals surface area contributed by atoms with E-state index in [4.69, 9.17) is 18.6 Å². The number of aryl methyl sites for hydroxylation is 2. The van der Waals surface area contributed by atoms with Gasteiger partial charge in [0.15, 0.2) is 0 Å². The number of hydrogen-bond donors (Lipinski definition) is 0. The molecule has 0 radical (unpaired) electrons. The standard InChI is InChI=1S/C7H9.2ClH.Ti/c1-6-4-3-5-7(6)2;;;/h3-5H,1-2H3;2*1H;/q-1;;;+2/p-2. The summed E-state index contributed by atoms with van der Waals surface area (Å²) < 4.78 is 0. The van der Waals surface area contributed by atoms with E-state index in [1.807, 2.05) is 0 Å². The molecule has 0 aliphatic heterocycles. The molecule has 1 rings (SSSR count). The van der Waals surface area contributed by atoms with Gasteiger partial charge in [-0.05, 0) is 0 Å². The van der Waals surface area contributed by atoms with Crippen LogP contribution in [-0.4, -0.2) is 0 Å². The summed E-state index contributed by atoms with van der Waals surface area (Å²) >= 11 is -0.556. The first-order valence-corrected chi connectivity index (χ1v) is 7.17. The van der Waals surface area contributed by atoms with E-state index in [-0.39, 0.29) is 0 Å². The van der Waals surface area contributed by atoms with Crippen molar-refractivity contribution in [3.05, 3.63) is 29.3 Å². The normalized spacial score (nSPS) is 8.00. The summed E-state index contributed by atoms with van der Waals surface area (Å²) in [7, 11) is 9.78. The van der Waals surface area contributed by atoms with E-state index in [0.717, 1.165) is 0 Å². The quantitative estimate of drug-likeness (QED) is 0.456. The van der Waals surface area contributed by atoms with Crippen LogP contribution in [0.5, 0.6) is 0 Å². The Kier molecular flexibility index (Phi) is 6.77. The molecule has 0 aromatic heterocycles. The molecular formula is C7H9Cl2Ti-. The van der Waals surface area contributed by atoms with Crippen molar-refractivity contribution >= 4 is 18.6 Å². The van der Waals surface area contributed by atoms with Crippen molar-refractivity contribution in [2.45, 2.75) is 13.8 Å². The monoisotopic (exact) mass is 211 g/mol. The van der Waals surface area contributed by atoms with Crippen LogP contribution in [0.25, 0.3) is 0 Å². The number of hydrogen-bond acceptors (Lipinski definition) is 0. The van der Waals surface area contributed by atoms with Crippen molar-refractivity contribution in [3.63, 3.8) is 0 Å². The molecule has 0 unspecified atom stereocenters. The topological polar surface area (TPSA) is 0 Å². The van der Waals surface area contributed by atoms with Gasteiger partial charge in [-0.2, -0.15) is 23.3 Å². The van der Waals surface area contributed by atoms with E-state index in [9.17, 15) is 0 Å². The van der Waals surface area contributed by atoms with Gasteiger partial charge in [-0.25, -0.2) is 6.07 Å². The van der Waals surface area contributed by atoms with Crippen molar-refractivity contribution in [1.82, 2.24) is 0 Å². The summed E-state index contributed by atoms with van der Waals surface area (Å²) in [4.78, 5) is 0. The molecule has 0 fully saturated rings. The fourth-order valence-electron chi connectivity index (χ4n) is 0.600. The van der Waals surface area contributed by atoms with E-state index >= 15 is 0 Å². The predicted molar refractivity (Wildman–Crippen MR) is 43.2 cm³/mol. The molecule has 0 atom stereocenters. The Hall–Kier alpha value is 0.644. The fraction of sp³-hybridized carbons (Fsp3) is 0.286. The zero-order valence-electron chi connectivity index (χ0n) is 5.99.